The summed E-state index contributed by atoms with van der Waals surface area (Å²) in [5.74, 6) is -0.704. The predicted molar refractivity (Wildman–Crippen MR) is 62.4 cm³/mol. The Morgan fingerprint density at radius 2 is 2.12 bits per heavy atom. The highest BCUT2D eigenvalue weighted by atomic mass is 16.3. The van der Waals surface area contributed by atoms with Crippen LogP contribution in [-0.2, 0) is 6.54 Å². The van der Waals surface area contributed by atoms with Crippen molar-refractivity contribution in [2.24, 2.45) is 5.18 Å². The molecule has 16 heavy (non-hydrogen) atoms. The first-order valence-corrected chi connectivity index (χ1v) is 5.24. The number of hydrogen-bond donors (Lipinski definition) is 0. The monoisotopic (exact) mass is 216 g/mol. The fourth-order valence-corrected chi connectivity index (χ4v) is 1.90. The number of rotatable bonds is 3. The van der Waals surface area contributed by atoms with E-state index >= 15 is 0 Å². The van der Waals surface area contributed by atoms with Crippen LogP contribution in [0.15, 0.2) is 35.5 Å². The lowest BCUT2D eigenvalue weighted by Gasteiger charge is -2.05. The third-order valence-electron chi connectivity index (χ3n) is 2.56. The maximum absolute atomic E-state index is 11.4. The summed E-state index contributed by atoms with van der Waals surface area (Å²) in [5.41, 5.74) is 1.34. The van der Waals surface area contributed by atoms with E-state index in [-0.39, 0.29) is 0 Å². The molecule has 0 aliphatic carbocycles. The van der Waals surface area contributed by atoms with Gasteiger partial charge in [-0.1, -0.05) is 25.1 Å². The molecule has 0 aliphatic rings. The van der Waals surface area contributed by atoms with Crippen molar-refractivity contribution in [1.29, 1.82) is 0 Å². The number of carbonyl (C=O) groups excluding carboxylic acids is 1. The summed E-state index contributed by atoms with van der Waals surface area (Å²) in [6, 6.07) is 9.39. The smallest absolute Gasteiger partial charge is 0.333 e. The molecule has 0 atom stereocenters. The van der Waals surface area contributed by atoms with Gasteiger partial charge in [-0.3, -0.25) is 4.79 Å². The first-order chi connectivity index (χ1) is 7.77. The van der Waals surface area contributed by atoms with Crippen molar-refractivity contribution in [3.63, 3.8) is 0 Å². The second kappa shape index (κ2) is 4.26. The maximum Gasteiger partial charge on any atom is 0.333 e. The Labute approximate surface area is 92.8 Å². The summed E-state index contributed by atoms with van der Waals surface area (Å²) in [6.45, 7) is 2.74. The van der Waals surface area contributed by atoms with E-state index in [4.69, 9.17) is 0 Å². The van der Waals surface area contributed by atoms with Gasteiger partial charge in [-0.25, -0.2) is 0 Å². The van der Waals surface area contributed by atoms with Crippen LogP contribution >= 0.6 is 0 Å². The zero-order valence-corrected chi connectivity index (χ0v) is 9.01. The number of aromatic nitrogens is 1. The topological polar surface area (TPSA) is 51.4 Å². The minimum absolute atomic E-state index is 0.373. The first kappa shape index (κ1) is 10.5. The van der Waals surface area contributed by atoms with Crippen molar-refractivity contribution < 1.29 is 4.79 Å². The summed E-state index contributed by atoms with van der Waals surface area (Å²) < 4.78 is 1.85. The van der Waals surface area contributed by atoms with Gasteiger partial charge in [0.2, 0.25) is 0 Å². The molecule has 0 fully saturated rings. The minimum Gasteiger partial charge on any atom is -0.336 e. The number of aryl methyl sites for hydroxylation is 1. The van der Waals surface area contributed by atoms with Gasteiger partial charge < -0.3 is 4.57 Å². The SMILES string of the molecule is CCCn1c(C(=O)N=O)cc2ccccc21. The number of fused-ring (bicyclic) bond motifs is 1. The molecule has 0 aliphatic heterocycles. The van der Waals surface area contributed by atoms with E-state index in [1.54, 1.807) is 6.07 Å². The molecule has 2 rings (SSSR count). The van der Waals surface area contributed by atoms with Crippen LogP contribution in [0.1, 0.15) is 23.8 Å². The number of carbonyl (C=O) groups is 1. The number of amides is 1. The van der Waals surface area contributed by atoms with Crippen molar-refractivity contribution >= 4 is 16.8 Å². The summed E-state index contributed by atoms with van der Waals surface area (Å²) in [6.07, 6.45) is 0.901. The van der Waals surface area contributed by atoms with Crippen molar-refractivity contribution in [1.82, 2.24) is 4.57 Å². The normalized spacial score (nSPS) is 10.6. The molecule has 0 spiro atoms. The minimum atomic E-state index is -0.704. The van der Waals surface area contributed by atoms with Crippen LogP contribution in [0.25, 0.3) is 10.9 Å². The second-order valence-corrected chi connectivity index (χ2v) is 3.64. The van der Waals surface area contributed by atoms with Crippen LogP contribution in [0, 0.1) is 4.91 Å². The lowest BCUT2D eigenvalue weighted by atomic mass is 10.2. The van der Waals surface area contributed by atoms with Gasteiger partial charge in [-0.2, -0.15) is 0 Å². The van der Waals surface area contributed by atoms with Crippen LogP contribution in [0.5, 0.6) is 0 Å². The summed E-state index contributed by atoms with van der Waals surface area (Å²) >= 11 is 0. The van der Waals surface area contributed by atoms with Gasteiger partial charge in [0, 0.05) is 22.6 Å². The fourth-order valence-electron chi connectivity index (χ4n) is 1.90. The zero-order valence-electron chi connectivity index (χ0n) is 9.01. The first-order valence-electron chi connectivity index (χ1n) is 5.24. The van der Waals surface area contributed by atoms with Gasteiger partial charge in [-0.05, 0) is 18.6 Å². The van der Waals surface area contributed by atoms with E-state index in [1.807, 2.05) is 35.8 Å². The quantitative estimate of drug-likeness (QED) is 0.740. The Balaban J connectivity index is 2.67. The van der Waals surface area contributed by atoms with Crippen LogP contribution in [-0.4, -0.2) is 10.5 Å². The van der Waals surface area contributed by atoms with Gasteiger partial charge in [0.15, 0.2) is 0 Å². The summed E-state index contributed by atoms with van der Waals surface area (Å²) in [7, 11) is 0. The average molecular weight is 216 g/mol. The van der Waals surface area contributed by atoms with Crippen LogP contribution in [0.2, 0.25) is 0 Å². The van der Waals surface area contributed by atoms with E-state index in [9.17, 15) is 9.70 Å². The van der Waals surface area contributed by atoms with E-state index < -0.39 is 5.91 Å². The Kier molecular flexibility index (Phi) is 2.81. The van der Waals surface area contributed by atoms with E-state index in [1.165, 1.54) is 0 Å². The third-order valence-corrected chi connectivity index (χ3v) is 2.56. The molecule has 0 saturated heterocycles. The largest absolute Gasteiger partial charge is 0.336 e. The van der Waals surface area contributed by atoms with Crippen molar-refractivity contribution in [2.75, 3.05) is 0 Å². The standard InChI is InChI=1S/C12H12N2O2/c1-2-7-14-10-6-4-3-5-9(10)8-11(14)12(15)13-16/h3-6,8H,2,7H2,1H3. The molecule has 4 nitrogen and oxygen atoms in total. The number of benzene rings is 1. The molecule has 0 radical (unpaired) electrons. The number of nitroso groups, excluding NO2 is 1. The molecular weight excluding hydrogens is 204 g/mol. The zero-order chi connectivity index (χ0) is 11.5. The molecule has 0 saturated carbocycles. The van der Waals surface area contributed by atoms with Crippen LogP contribution in [0.4, 0.5) is 0 Å². The van der Waals surface area contributed by atoms with Crippen molar-refractivity contribution in [3.8, 4) is 0 Å². The highest BCUT2D eigenvalue weighted by Gasteiger charge is 2.14. The second-order valence-electron chi connectivity index (χ2n) is 3.64. The molecule has 4 heteroatoms. The lowest BCUT2D eigenvalue weighted by molar-refractivity contribution is 0.0992. The summed E-state index contributed by atoms with van der Waals surface area (Å²) in [4.78, 5) is 21.7. The number of nitrogens with zero attached hydrogens (tertiary/aromatic N) is 2. The number of hydrogen-bond acceptors (Lipinski definition) is 2. The van der Waals surface area contributed by atoms with Gasteiger partial charge in [0.1, 0.15) is 5.69 Å². The van der Waals surface area contributed by atoms with E-state index in [0.717, 1.165) is 17.3 Å². The molecule has 0 bridgehead atoms. The average Bonchev–Trinajstić information content (AvgIpc) is 2.68. The summed E-state index contributed by atoms with van der Waals surface area (Å²) in [5, 5.41) is 3.45. The molecule has 1 aromatic carbocycles. The van der Waals surface area contributed by atoms with Gasteiger partial charge in [0.25, 0.3) is 0 Å². The molecule has 82 valence electrons. The highest BCUT2D eigenvalue weighted by Crippen LogP contribution is 2.20. The predicted octanol–water partition coefficient (Wildman–Crippen LogP) is 2.96. The fraction of sp³-hybridized carbons (Fsp3) is 0.250. The Morgan fingerprint density at radius 3 is 2.81 bits per heavy atom. The molecule has 0 unspecified atom stereocenters. The molecule has 1 heterocycles. The Bertz CT molecular complexity index is 543. The van der Waals surface area contributed by atoms with Crippen LogP contribution < -0.4 is 0 Å². The lowest BCUT2D eigenvalue weighted by Crippen LogP contribution is -2.06. The Hall–Kier alpha value is -1.97. The molecule has 1 amide bonds. The highest BCUT2D eigenvalue weighted by molar-refractivity contribution is 5.99. The third kappa shape index (κ3) is 1.62. The Morgan fingerprint density at radius 1 is 1.38 bits per heavy atom. The van der Waals surface area contributed by atoms with Crippen LogP contribution in [0.3, 0.4) is 0 Å². The van der Waals surface area contributed by atoms with Gasteiger partial charge in [0.05, 0.1) is 0 Å². The van der Waals surface area contributed by atoms with Gasteiger partial charge in [-0.15, -0.1) is 4.91 Å². The molecular formula is C12H12N2O2. The molecule has 2 aromatic rings. The van der Waals surface area contributed by atoms with Crippen molar-refractivity contribution in [3.05, 3.63) is 40.9 Å². The van der Waals surface area contributed by atoms with E-state index in [2.05, 4.69) is 5.18 Å². The van der Waals surface area contributed by atoms with Crippen molar-refractivity contribution in [2.45, 2.75) is 19.9 Å². The number of para-hydroxylation sites is 1. The molecule has 1 aromatic heterocycles. The van der Waals surface area contributed by atoms with Gasteiger partial charge >= 0.3 is 5.91 Å². The molecule has 0 N–H and O–H groups in total. The maximum atomic E-state index is 11.4. The van der Waals surface area contributed by atoms with E-state index in [0.29, 0.717) is 12.2 Å².